The Morgan fingerprint density at radius 1 is 1.60 bits per heavy atom. The van der Waals surface area contributed by atoms with Crippen molar-refractivity contribution >= 4 is 32.5 Å². The van der Waals surface area contributed by atoms with Gasteiger partial charge in [-0.15, -0.1) is 11.3 Å². The number of pyridine rings is 1. The lowest BCUT2D eigenvalue weighted by Gasteiger charge is -2.08. The second-order valence-corrected chi connectivity index (χ2v) is 5.80. The first-order valence-corrected chi connectivity index (χ1v) is 7.00. The van der Waals surface area contributed by atoms with E-state index < -0.39 is 0 Å². The molecule has 0 spiro atoms. The molecule has 0 fully saturated rings. The molecular formula is C13H15N5OS. The van der Waals surface area contributed by atoms with Crippen molar-refractivity contribution in [2.75, 3.05) is 19.3 Å². The number of carbonyl (C=O) groups is 1. The molecule has 4 N–H and O–H groups in total. The van der Waals surface area contributed by atoms with Crippen LogP contribution in [0.3, 0.4) is 0 Å². The van der Waals surface area contributed by atoms with Gasteiger partial charge in [0, 0.05) is 18.9 Å². The van der Waals surface area contributed by atoms with Crippen molar-refractivity contribution in [3.8, 4) is 0 Å². The fourth-order valence-corrected chi connectivity index (χ4v) is 3.17. The highest BCUT2D eigenvalue weighted by Gasteiger charge is 2.22. The molecule has 0 aromatic carbocycles. The molecule has 0 aliphatic carbocycles. The second kappa shape index (κ2) is 4.77. The average Bonchev–Trinajstić information content (AvgIpc) is 2.88. The summed E-state index contributed by atoms with van der Waals surface area (Å²) in [5.74, 6) is -0.209. The fraction of sp³-hybridized carbons (Fsp3) is 0.231. The van der Waals surface area contributed by atoms with E-state index in [2.05, 4.69) is 15.7 Å². The lowest BCUT2D eigenvalue weighted by Crippen LogP contribution is -2.29. The Bertz CT molecular complexity index is 721. The SMILES string of the molecule is CC1=C(NC(=O)c2c(N)sc3cccnc23)CN(C)N1. The van der Waals surface area contributed by atoms with Crippen molar-refractivity contribution in [2.24, 2.45) is 0 Å². The van der Waals surface area contributed by atoms with Gasteiger partial charge in [0.1, 0.15) is 10.6 Å². The number of nitrogens with one attached hydrogen (secondary N) is 2. The smallest absolute Gasteiger partial charge is 0.260 e. The summed E-state index contributed by atoms with van der Waals surface area (Å²) in [6, 6.07) is 3.75. The molecule has 3 heterocycles. The minimum Gasteiger partial charge on any atom is -0.390 e. The molecule has 0 saturated carbocycles. The Balaban J connectivity index is 1.94. The molecule has 1 aliphatic heterocycles. The first-order chi connectivity index (χ1) is 9.56. The molecule has 2 aromatic rings. The molecule has 0 bridgehead atoms. The monoisotopic (exact) mass is 289 g/mol. The van der Waals surface area contributed by atoms with Crippen LogP contribution < -0.4 is 16.5 Å². The maximum atomic E-state index is 12.4. The largest absolute Gasteiger partial charge is 0.390 e. The molecular weight excluding hydrogens is 274 g/mol. The summed E-state index contributed by atoms with van der Waals surface area (Å²) < 4.78 is 0.919. The molecule has 0 unspecified atom stereocenters. The van der Waals surface area contributed by atoms with Gasteiger partial charge in [0.25, 0.3) is 5.91 Å². The van der Waals surface area contributed by atoms with Crippen LogP contribution in [0.25, 0.3) is 10.2 Å². The number of allylic oxidation sites excluding steroid dienone is 1. The molecule has 3 rings (SSSR count). The molecule has 1 aliphatic rings. The number of carbonyl (C=O) groups excluding carboxylic acids is 1. The summed E-state index contributed by atoms with van der Waals surface area (Å²) in [5.41, 5.74) is 12.0. The number of nitrogen functional groups attached to an aromatic ring is 1. The van der Waals surface area contributed by atoms with Crippen LogP contribution in [0.15, 0.2) is 29.7 Å². The number of anilines is 1. The summed E-state index contributed by atoms with van der Waals surface area (Å²) >= 11 is 1.38. The normalized spacial score (nSPS) is 15.7. The van der Waals surface area contributed by atoms with E-state index in [9.17, 15) is 4.79 Å². The lowest BCUT2D eigenvalue weighted by atomic mass is 10.2. The second-order valence-electron chi connectivity index (χ2n) is 4.72. The van der Waals surface area contributed by atoms with E-state index >= 15 is 0 Å². The Hall–Kier alpha value is -2.12. The van der Waals surface area contributed by atoms with Crippen LogP contribution in [0, 0.1) is 0 Å². The van der Waals surface area contributed by atoms with Crippen LogP contribution in [0.4, 0.5) is 5.00 Å². The van der Waals surface area contributed by atoms with Crippen molar-refractivity contribution in [3.63, 3.8) is 0 Å². The van der Waals surface area contributed by atoms with E-state index in [0.29, 0.717) is 22.6 Å². The maximum absolute atomic E-state index is 12.4. The third kappa shape index (κ3) is 2.10. The first kappa shape index (κ1) is 12.9. The molecule has 20 heavy (non-hydrogen) atoms. The van der Waals surface area contributed by atoms with Crippen molar-refractivity contribution in [1.29, 1.82) is 0 Å². The average molecular weight is 289 g/mol. The van der Waals surface area contributed by atoms with E-state index in [1.807, 2.05) is 31.1 Å². The highest BCUT2D eigenvalue weighted by molar-refractivity contribution is 7.23. The summed E-state index contributed by atoms with van der Waals surface area (Å²) in [5, 5.41) is 5.31. The summed E-state index contributed by atoms with van der Waals surface area (Å²) in [6.45, 7) is 2.57. The van der Waals surface area contributed by atoms with Gasteiger partial charge in [0.05, 0.1) is 22.5 Å². The molecule has 7 heteroatoms. The summed E-state index contributed by atoms with van der Waals surface area (Å²) in [4.78, 5) is 16.7. The Morgan fingerprint density at radius 3 is 3.10 bits per heavy atom. The van der Waals surface area contributed by atoms with Gasteiger partial charge in [-0.25, -0.2) is 5.01 Å². The number of fused-ring (bicyclic) bond motifs is 1. The number of nitrogens with two attached hydrogens (primary N) is 1. The molecule has 104 valence electrons. The van der Waals surface area contributed by atoms with Crippen molar-refractivity contribution in [2.45, 2.75) is 6.92 Å². The summed E-state index contributed by atoms with van der Waals surface area (Å²) in [6.07, 6.45) is 1.67. The first-order valence-electron chi connectivity index (χ1n) is 6.18. The molecule has 0 saturated heterocycles. The van der Waals surface area contributed by atoms with Gasteiger partial charge < -0.3 is 16.5 Å². The van der Waals surface area contributed by atoms with Crippen molar-refractivity contribution < 1.29 is 4.79 Å². The molecule has 0 atom stereocenters. The number of nitrogens with zero attached hydrogens (tertiary/aromatic N) is 2. The number of hydrazine groups is 1. The molecule has 0 radical (unpaired) electrons. The number of amides is 1. The maximum Gasteiger partial charge on any atom is 0.260 e. The van der Waals surface area contributed by atoms with Crippen LogP contribution in [-0.4, -0.2) is 29.5 Å². The zero-order valence-electron chi connectivity index (χ0n) is 11.2. The minimum atomic E-state index is -0.209. The van der Waals surface area contributed by atoms with E-state index in [4.69, 9.17) is 5.73 Å². The topological polar surface area (TPSA) is 83.3 Å². The predicted molar refractivity (Wildman–Crippen MR) is 80.0 cm³/mol. The van der Waals surface area contributed by atoms with E-state index in [-0.39, 0.29) is 5.91 Å². The highest BCUT2D eigenvalue weighted by atomic mass is 32.1. The molecule has 1 amide bonds. The fourth-order valence-electron chi connectivity index (χ4n) is 2.25. The van der Waals surface area contributed by atoms with Crippen molar-refractivity contribution in [1.82, 2.24) is 20.7 Å². The predicted octanol–water partition coefficient (Wildman–Crippen LogP) is 1.29. The Kier molecular flexibility index (Phi) is 3.07. The van der Waals surface area contributed by atoms with Gasteiger partial charge in [-0.1, -0.05) is 0 Å². The van der Waals surface area contributed by atoms with E-state index in [1.165, 1.54) is 11.3 Å². The highest BCUT2D eigenvalue weighted by Crippen LogP contribution is 2.31. The van der Waals surface area contributed by atoms with Gasteiger partial charge in [0.15, 0.2) is 0 Å². The summed E-state index contributed by atoms with van der Waals surface area (Å²) in [7, 11) is 1.92. The standard InChI is InChI=1S/C13H15N5OS/c1-7-8(6-18(2)17-7)16-13(19)10-11-9(20-12(10)14)4-3-5-15-11/h3-5,17H,6,14H2,1-2H3,(H,16,19). The molecule has 2 aromatic heterocycles. The van der Waals surface area contributed by atoms with Crippen molar-refractivity contribution in [3.05, 3.63) is 35.3 Å². The third-order valence-electron chi connectivity index (χ3n) is 3.17. The van der Waals surface area contributed by atoms with E-state index in [0.717, 1.165) is 16.1 Å². The number of hydrogen-bond acceptors (Lipinski definition) is 6. The van der Waals surface area contributed by atoms with Crippen LogP contribution >= 0.6 is 11.3 Å². The van der Waals surface area contributed by atoms with Gasteiger partial charge in [-0.2, -0.15) is 0 Å². The number of aromatic nitrogens is 1. The number of hydrogen-bond donors (Lipinski definition) is 3. The van der Waals surface area contributed by atoms with E-state index in [1.54, 1.807) is 6.20 Å². The van der Waals surface area contributed by atoms with Gasteiger partial charge >= 0.3 is 0 Å². The van der Waals surface area contributed by atoms with Gasteiger partial charge in [-0.05, 0) is 19.1 Å². The zero-order valence-corrected chi connectivity index (χ0v) is 12.0. The molecule has 6 nitrogen and oxygen atoms in total. The number of rotatable bonds is 2. The Morgan fingerprint density at radius 2 is 2.40 bits per heavy atom. The number of likely N-dealkylation sites (N-methyl/N-ethyl adjacent to an activating group) is 1. The van der Waals surface area contributed by atoms with Crippen LogP contribution in [0.1, 0.15) is 17.3 Å². The lowest BCUT2D eigenvalue weighted by molar-refractivity contribution is 0.0967. The zero-order chi connectivity index (χ0) is 14.3. The third-order valence-corrected chi connectivity index (χ3v) is 4.15. The van der Waals surface area contributed by atoms with Crippen LogP contribution in [0.2, 0.25) is 0 Å². The van der Waals surface area contributed by atoms with Crippen LogP contribution in [-0.2, 0) is 0 Å². The van der Waals surface area contributed by atoms with Crippen LogP contribution in [0.5, 0.6) is 0 Å². The quantitative estimate of drug-likeness (QED) is 0.776. The minimum absolute atomic E-state index is 0.209. The van der Waals surface area contributed by atoms with Gasteiger partial charge in [-0.3, -0.25) is 9.78 Å². The number of thiophene rings is 1. The Labute approximate surface area is 120 Å². The van der Waals surface area contributed by atoms with Gasteiger partial charge in [0.2, 0.25) is 0 Å².